The molecular formula is C25H25NO3S. The van der Waals surface area contributed by atoms with Gasteiger partial charge in [0.2, 0.25) is 10.0 Å². The molecule has 3 aromatic rings. The summed E-state index contributed by atoms with van der Waals surface area (Å²) in [7, 11) is -3.67. The molecule has 0 heterocycles. The average Bonchev–Trinajstić information content (AvgIpc) is 3.26. The van der Waals surface area contributed by atoms with Crippen LogP contribution in [0.2, 0.25) is 0 Å². The normalized spacial score (nSPS) is 23.3. The summed E-state index contributed by atoms with van der Waals surface area (Å²) in [5.41, 5.74) is 5.89. The van der Waals surface area contributed by atoms with Crippen LogP contribution in [0.25, 0.3) is 11.1 Å². The van der Waals surface area contributed by atoms with Gasteiger partial charge in [0.25, 0.3) is 0 Å². The van der Waals surface area contributed by atoms with E-state index in [0.717, 1.165) is 12.0 Å². The maximum Gasteiger partial charge on any atom is 0.240 e. The third-order valence-corrected chi connectivity index (χ3v) is 8.12. The molecule has 2 N–H and O–H groups in total. The zero-order valence-electron chi connectivity index (χ0n) is 16.8. The number of benzene rings is 3. The van der Waals surface area contributed by atoms with E-state index in [-0.39, 0.29) is 16.7 Å². The monoisotopic (exact) mass is 419 g/mol. The summed E-state index contributed by atoms with van der Waals surface area (Å²) in [6.45, 7) is 1.92. The van der Waals surface area contributed by atoms with Gasteiger partial charge in [-0.3, -0.25) is 0 Å². The highest BCUT2D eigenvalue weighted by atomic mass is 32.2. The molecule has 2 aliphatic carbocycles. The van der Waals surface area contributed by atoms with Crippen LogP contribution in [-0.2, 0) is 10.0 Å². The molecular weight excluding hydrogens is 394 g/mol. The van der Waals surface area contributed by atoms with Gasteiger partial charge in [0.15, 0.2) is 0 Å². The van der Waals surface area contributed by atoms with Crippen LogP contribution in [0, 0.1) is 12.8 Å². The molecule has 0 amide bonds. The largest absolute Gasteiger partial charge is 0.391 e. The molecule has 1 saturated carbocycles. The van der Waals surface area contributed by atoms with E-state index in [1.54, 1.807) is 24.3 Å². The number of aryl methyl sites for hydroxylation is 1. The highest BCUT2D eigenvalue weighted by Gasteiger charge is 2.45. The minimum absolute atomic E-state index is 0.0273. The molecule has 0 unspecified atom stereocenters. The molecule has 1 fully saturated rings. The maximum absolute atomic E-state index is 12.8. The number of aliphatic hydroxyl groups excluding tert-OH is 1. The van der Waals surface area contributed by atoms with Crippen LogP contribution in [0.4, 0.5) is 0 Å². The van der Waals surface area contributed by atoms with Crippen molar-refractivity contribution < 1.29 is 13.5 Å². The first-order valence-corrected chi connectivity index (χ1v) is 11.9. The zero-order chi connectivity index (χ0) is 20.9. The molecule has 0 radical (unpaired) electrons. The second-order valence-electron chi connectivity index (χ2n) is 8.42. The molecule has 5 rings (SSSR count). The van der Waals surface area contributed by atoms with Crippen molar-refractivity contribution in [2.24, 2.45) is 5.92 Å². The molecule has 0 aliphatic heterocycles. The molecule has 0 spiro atoms. The lowest BCUT2D eigenvalue weighted by Crippen LogP contribution is -2.42. The van der Waals surface area contributed by atoms with Crippen LogP contribution in [0.5, 0.6) is 0 Å². The zero-order valence-corrected chi connectivity index (χ0v) is 17.6. The minimum atomic E-state index is -3.67. The van der Waals surface area contributed by atoms with Crippen molar-refractivity contribution in [2.45, 2.75) is 42.7 Å². The quantitative estimate of drug-likeness (QED) is 0.665. The Morgan fingerprint density at radius 2 is 1.40 bits per heavy atom. The smallest absolute Gasteiger partial charge is 0.240 e. The molecule has 2 aliphatic rings. The maximum atomic E-state index is 12.8. The molecule has 30 heavy (non-hydrogen) atoms. The van der Waals surface area contributed by atoms with E-state index in [1.165, 1.54) is 22.3 Å². The molecule has 3 atom stereocenters. The van der Waals surface area contributed by atoms with Crippen LogP contribution in [0.15, 0.2) is 77.7 Å². The van der Waals surface area contributed by atoms with E-state index >= 15 is 0 Å². The van der Waals surface area contributed by atoms with E-state index in [1.807, 2.05) is 31.2 Å². The third kappa shape index (κ3) is 3.18. The van der Waals surface area contributed by atoms with Gasteiger partial charge in [-0.25, -0.2) is 13.1 Å². The summed E-state index contributed by atoms with van der Waals surface area (Å²) in [6.07, 6.45) is 0.655. The van der Waals surface area contributed by atoms with Gasteiger partial charge in [-0.1, -0.05) is 66.2 Å². The first kappa shape index (κ1) is 19.5. The summed E-state index contributed by atoms with van der Waals surface area (Å²) in [5, 5.41) is 11.2. The number of sulfonamides is 1. The van der Waals surface area contributed by atoms with Gasteiger partial charge in [0, 0.05) is 12.0 Å². The van der Waals surface area contributed by atoms with Crippen LogP contribution in [0.3, 0.4) is 0 Å². The van der Waals surface area contributed by atoms with Gasteiger partial charge in [-0.15, -0.1) is 0 Å². The molecule has 5 heteroatoms. The first-order valence-electron chi connectivity index (χ1n) is 10.4. The van der Waals surface area contributed by atoms with Crippen molar-refractivity contribution in [3.63, 3.8) is 0 Å². The molecule has 0 saturated heterocycles. The summed E-state index contributed by atoms with van der Waals surface area (Å²) < 4.78 is 28.5. The van der Waals surface area contributed by atoms with Crippen molar-refractivity contribution in [3.8, 4) is 11.1 Å². The van der Waals surface area contributed by atoms with Gasteiger partial charge in [-0.2, -0.15) is 0 Å². The number of hydrogen-bond donors (Lipinski definition) is 2. The fourth-order valence-electron chi connectivity index (χ4n) is 5.14. The Kier molecular flexibility index (Phi) is 4.77. The SMILES string of the molecule is Cc1ccc(S(=O)(=O)N[C@@H]2CC[C@H](C3c4ccccc4-c4ccccc43)[C@H]2O)cc1. The minimum Gasteiger partial charge on any atom is -0.391 e. The average molecular weight is 420 g/mol. The van der Waals surface area contributed by atoms with Gasteiger partial charge < -0.3 is 5.11 Å². The molecule has 3 aromatic carbocycles. The van der Waals surface area contributed by atoms with Crippen LogP contribution >= 0.6 is 0 Å². The van der Waals surface area contributed by atoms with Crippen molar-refractivity contribution in [3.05, 3.63) is 89.5 Å². The predicted octanol–water partition coefficient (Wildman–Crippen LogP) is 4.23. The Hall–Kier alpha value is -2.47. The fraction of sp³-hybridized carbons (Fsp3) is 0.280. The predicted molar refractivity (Wildman–Crippen MR) is 118 cm³/mol. The van der Waals surface area contributed by atoms with Crippen molar-refractivity contribution >= 4 is 10.0 Å². The van der Waals surface area contributed by atoms with Gasteiger partial charge >= 0.3 is 0 Å². The first-order chi connectivity index (χ1) is 14.5. The number of fused-ring (bicyclic) bond motifs is 3. The topological polar surface area (TPSA) is 66.4 Å². The third-order valence-electron chi connectivity index (χ3n) is 6.61. The van der Waals surface area contributed by atoms with Crippen molar-refractivity contribution in [2.75, 3.05) is 0 Å². The second kappa shape index (κ2) is 7.34. The van der Waals surface area contributed by atoms with E-state index < -0.39 is 22.2 Å². The van der Waals surface area contributed by atoms with Gasteiger partial charge in [-0.05, 0) is 60.1 Å². The van der Waals surface area contributed by atoms with Crippen LogP contribution in [0.1, 0.15) is 35.4 Å². The summed E-state index contributed by atoms with van der Waals surface area (Å²) >= 11 is 0. The lowest BCUT2D eigenvalue weighted by molar-refractivity contribution is 0.106. The molecule has 0 bridgehead atoms. The number of nitrogens with one attached hydrogen (secondary N) is 1. The summed E-state index contributed by atoms with van der Waals surface area (Å²) in [6, 6.07) is 23.0. The number of aliphatic hydroxyl groups is 1. The van der Waals surface area contributed by atoms with Crippen molar-refractivity contribution in [1.29, 1.82) is 0 Å². The number of rotatable bonds is 4. The Balaban J connectivity index is 1.43. The molecule has 0 aromatic heterocycles. The Morgan fingerprint density at radius 1 is 0.833 bits per heavy atom. The Bertz CT molecular complexity index is 1140. The highest BCUT2D eigenvalue weighted by Crippen LogP contribution is 2.51. The fourth-order valence-corrected chi connectivity index (χ4v) is 6.43. The summed E-state index contributed by atoms with van der Waals surface area (Å²) in [4.78, 5) is 0.236. The van der Waals surface area contributed by atoms with Gasteiger partial charge in [0.1, 0.15) is 0 Å². The van der Waals surface area contributed by atoms with Gasteiger partial charge in [0.05, 0.1) is 11.0 Å². The standard InChI is InChI=1S/C25H25NO3S/c1-16-10-12-17(13-11-16)30(28,29)26-23-15-14-22(25(23)27)24-20-8-4-2-6-18(20)19-7-3-5-9-21(19)24/h2-13,22-27H,14-15H2,1H3/t22-,23-,25-/m1/s1. The number of hydrogen-bond acceptors (Lipinski definition) is 3. The Morgan fingerprint density at radius 3 is 2.00 bits per heavy atom. The summed E-state index contributed by atoms with van der Waals surface area (Å²) in [5.74, 6) is 0.0572. The lowest BCUT2D eigenvalue weighted by Gasteiger charge is -2.27. The highest BCUT2D eigenvalue weighted by molar-refractivity contribution is 7.89. The molecule has 154 valence electrons. The second-order valence-corrected chi connectivity index (χ2v) is 10.1. The van der Waals surface area contributed by atoms with Crippen LogP contribution in [-0.4, -0.2) is 25.7 Å². The van der Waals surface area contributed by atoms with Crippen LogP contribution < -0.4 is 4.72 Å². The molecule has 4 nitrogen and oxygen atoms in total. The van der Waals surface area contributed by atoms with E-state index in [4.69, 9.17) is 0 Å². The van der Waals surface area contributed by atoms with Crippen molar-refractivity contribution in [1.82, 2.24) is 4.72 Å². The van der Waals surface area contributed by atoms with E-state index in [0.29, 0.717) is 6.42 Å². The van der Waals surface area contributed by atoms with E-state index in [9.17, 15) is 13.5 Å². The van der Waals surface area contributed by atoms with E-state index in [2.05, 4.69) is 29.0 Å². The Labute approximate surface area is 177 Å². The lowest BCUT2D eigenvalue weighted by atomic mass is 9.82.